The van der Waals surface area contributed by atoms with E-state index in [2.05, 4.69) is 10.2 Å². The fourth-order valence-electron chi connectivity index (χ4n) is 3.36. The predicted octanol–water partition coefficient (Wildman–Crippen LogP) is 3.03. The van der Waals surface area contributed by atoms with Crippen molar-refractivity contribution in [2.45, 2.75) is 31.6 Å². The minimum Gasteiger partial charge on any atom is -0.308 e. The Balaban J connectivity index is 1.66. The first kappa shape index (κ1) is 14.8. The molecular formula is C15H18F4N2. The Kier molecular flexibility index (Phi) is 3.92. The first-order chi connectivity index (χ1) is 9.91. The van der Waals surface area contributed by atoms with Crippen molar-refractivity contribution in [1.29, 1.82) is 0 Å². The maximum atomic E-state index is 13.3. The van der Waals surface area contributed by atoms with Crippen LogP contribution in [0.15, 0.2) is 18.2 Å². The summed E-state index contributed by atoms with van der Waals surface area (Å²) < 4.78 is 51.4. The topological polar surface area (TPSA) is 15.3 Å². The molecule has 3 aliphatic rings. The van der Waals surface area contributed by atoms with E-state index < -0.39 is 17.6 Å². The average molecular weight is 302 g/mol. The highest BCUT2D eigenvalue weighted by molar-refractivity contribution is 5.26. The Morgan fingerprint density at radius 2 is 1.86 bits per heavy atom. The van der Waals surface area contributed by atoms with E-state index in [0.29, 0.717) is 23.6 Å². The lowest BCUT2D eigenvalue weighted by atomic mass is 9.84. The molecule has 1 atom stereocenters. The predicted molar refractivity (Wildman–Crippen MR) is 71.2 cm³/mol. The molecule has 1 N–H and O–H groups in total. The number of piperidine rings is 3. The molecule has 2 bridgehead atoms. The summed E-state index contributed by atoms with van der Waals surface area (Å²) in [6, 6.07) is 3.03. The molecule has 1 aromatic rings. The molecule has 0 radical (unpaired) electrons. The molecule has 21 heavy (non-hydrogen) atoms. The highest BCUT2D eigenvalue weighted by Crippen LogP contribution is 2.31. The number of rotatable bonds is 3. The Hall–Kier alpha value is -1.14. The summed E-state index contributed by atoms with van der Waals surface area (Å²) in [4.78, 5) is 2.37. The third-order valence-electron chi connectivity index (χ3n) is 4.51. The van der Waals surface area contributed by atoms with Crippen molar-refractivity contribution in [3.63, 3.8) is 0 Å². The van der Waals surface area contributed by atoms with Gasteiger partial charge in [-0.15, -0.1) is 0 Å². The molecule has 4 rings (SSSR count). The second kappa shape index (κ2) is 5.57. The number of fused-ring (bicyclic) bond motifs is 3. The molecule has 116 valence electrons. The maximum Gasteiger partial charge on any atom is 0.416 e. The molecule has 6 heteroatoms. The third kappa shape index (κ3) is 3.37. The van der Waals surface area contributed by atoms with Crippen LogP contribution in [0, 0.1) is 11.7 Å². The molecule has 3 fully saturated rings. The van der Waals surface area contributed by atoms with E-state index in [9.17, 15) is 17.6 Å². The minimum absolute atomic E-state index is 0.274. The third-order valence-corrected chi connectivity index (χ3v) is 4.51. The number of nitrogens with one attached hydrogen (secondary N) is 1. The highest BCUT2D eigenvalue weighted by Gasteiger charge is 2.34. The van der Waals surface area contributed by atoms with Crippen LogP contribution in [0.3, 0.4) is 0 Å². The van der Waals surface area contributed by atoms with Gasteiger partial charge >= 0.3 is 6.18 Å². The van der Waals surface area contributed by atoms with Crippen molar-refractivity contribution >= 4 is 0 Å². The summed E-state index contributed by atoms with van der Waals surface area (Å²) in [5, 5.41) is 3.30. The quantitative estimate of drug-likeness (QED) is 0.864. The van der Waals surface area contributed by atoms with Crippen molar-refractivity contribution in [3.05, 3.63) is 35.1 Å². The molecule has 1 aromatic carbocycles. The van der Waals surface area contributed by atoms with Crippen molar-refractivity contribution in [2.24, 2.45) is 5.92 Å². The monoisotopic (exact) mass is 302 g/mol. The maximum absolute atomic E-state index is 13.3. The van der Waals surface area contributed by atoms with Crippen LogP contribution < -0.4 is 5.32 Å². The van der Waals surface area contributed by atoms with Crippen molar-refractivity contribution < 1.29 is 17.6 Å². The van der Waals surface area contributed by atoms with Gasteiger partial charge < -0.3 is 10.2 Å². The van der Waals surface area contributed by atoms with Gasteiger partial charge in [0.05, 0.1) is 5.56 Å². The number of benzene rings is 1. The van der Waals surface area contributed by atoms with Gasteiger partial charge in [-0.05, 0) is 55.6 Å². The first-order valence-corrected chi connectivity index (χ1v) is 7.24. The molecule has 3 heterocycles. The minimum atomic E-state index is -4.51. The van der Waals surface area contributed by atoms with E-state index in [1.54, 1.807) is 0 Å². The van der Waals surface area contributed by atoms with E-state index in [0.717, 1.165) is 38.5 Å². The van der Waals surface area contributed by atoms with Crippen molar-refractivity contribution in [3.8, 4) is 0 Å². The van der Waals surface area contributed by atoms with Crippen LogP contribution in [-0.2, 0) is 12.7 Å². The van der Waals surface area contributed by atoms with Crippen LogP contribution in [0.1, 0.15) is 24.0 Å². The van der Waals surface area contributed by atoms with Gasteiger partial charge in [-0.3, -0.25) is 0 Å². The zero-order chi connectivity index (χ0) is 15.0. The highest BCUT2D eigenvalue weighted by atomic mass is 19.4. The van der Waals surface area contributed by atoms with E-state index in [1.165, 1.54) is 6.07 Å². The Morgan fingerprint density at radius 1 is 1.14 bits per heavy atom. The molecule has 0 aliphatic carbocycles. The standard InChI is InChI=1S/C15H18F4N2/c16-13-6-10(5-12(7-13)15(17,18)19)8-20-14-9-21-3-1-11(14)2-4-21/h5-7,11,14,20H,1-4,8-9H2. The van der Waals surface area contributed by atoms with Crippen LogP contribution in [0.5, 0.6) is 0 Å². The summed E-state index contributed by atoms with van der Waals surface area (Å²) >= 11 is 0. The summed E-state index contributed by atoms with van der Waals surface area (Å²) in [6.45, 7) is 3.43. The molecule has 3 aliphatic heterocycles. The largest absolute Gasteiger partial charge is 0.416 e. The van der Waals surface area contributed by atoms with Gasteiger partial charge in [0.2, 0.25) is 0 Å². The zero-order valence-electron chi connectivity index (χ0n) is 11.6. The van der Waals surface area contributed by atoms with E-state index in [-0.39, 0.29) is 6.54 Å². The molecule has 0 amide bonds. The molecule has 0 saturated carbocycles. The molecule has 2 nitrogen and oxygen atoms in total. The smallest absolute Gasteiger partial charge is 0.308 e. The number of alkyl halides is 3. The molecular weight excluding hydrogens is 284 g/mol. The van der Waals surface area contributed by atoms with Gasteiger partial charge in [-0.25, -0.2) is 4.39 Å². The lowest BCUT2D eigenvalue weighted by Crippen LogP contribution is -2.55. The fourth-order valence-corrected chi connectivity index (χ4v) is 3.36. The van der Waals surface area contributed by atoms with Crippen LogP contribution in [0.25, 0.3) is 0 Å². The second-order valence-corrected chi connectivity index (χ2v) is 5.97. The first-order valence-electron chi connectivity index (χ1n) is 7.24. The molecule has 0 spiro atoms. The van der Waals surface area contributed by atoms with Crippen LogP contribution in [-0.4, -0.2) is 30.6 Å². The van der Waals surface area contributed by atoms with Gasteiger partial charge in [0.25, 0.3) is 0 Å². The number of hydrogen-bond acceptors (Lipinski definition) is 2. The zero-order valence-corrected chi connectivity index (χ0v) is 11.6. The van der Waals surface area contributed by atoms with Gasteiger partial charge in [0, 0.05) is 19.1 Å². The van der Waals surface area contributed by atoms with E-state index in [4.69, 9.17) is 0 Å². The van der Waals surface area contributed by atoms with Gasteiger partial charge in [0.1, 0.15) is 5.82 Å². The van der Waals surface area contributed by atoms with Crippen molar-refractivity contribution in [2.75, 3.05) is 19.6 Å². The Bertz CT molecular complexity index is 507. The summed E-state index contributed by atoms with van der Waals surface area (Å²) in [5.41, 5.74) is -0.577. The van der Waals surface area contributed by atoms with Gasteiger partial charge in [-0.1, -0.05) is 0 Å². The number of nitrogens with zero attached hydrogens (tertiary/aromatic N) is 1. The fraction of sp³-hybridized carbons (Fsp3) is 0.600. The van der Waals surface area contributed by atoms with Gasteiger partial charge in [0.15, 0.2) is 0 Å². The summed E-state index contributed by atoms with van der Waals surface area (Å²) in [7, 11) is 0. The van der Waals surface area contributed by atoms with Gasteiger partial charge in [-0.2, -0.15) is 13.2 Å². The summed E-state index contributed by atoms with van der Waals surface area (Å²) in [6.07, 6.45) is -2.24. The van der Waals surface area contributed by atoms with E-state index >= 15 is 0 Å². The second-order valence-electron chi connectivity index (χ2n) is 5.97. The molecule has 1 unspecified atom stereocenters. The molecule has 3 saturated heterocycles. The van der Waals surface area contributed by atoms with Crippen LogP contribution >= 0.6 is 0 Å². The lowest BCUT2D eigenvalue weighted by molar-refractivity contribution is -0.137. The number of halogens is 4. The lowest BCUT2D eigenvalue weighted by Gasteiger charge is -2.45. The normalized spacial score (nSPS) is 28.9. The Labute approximate surface area is 121 Å². The SMILES string of the molecule is Fc1cc(CNC2CN3CCC2CC3)cc(C(F)(F)F)c1. The summed E-state index contributed by atoms with van der Waals surface area (Å²) in [5.74, 6) is -0.249. The average Bonchev–Trinajstić information content (AvgIpc) is 2.45. The molecule has 0 aromatic heterocycles. The number of hydrogen-bond donors (Lipinski definition) is 1. The van der Waals surface area contributed by atoms with E-state index in [1.807, 2.05) is 0 Å². The van der Waals surface area contributed by atoms with Crippen LogP contribution in [0.4, 0.5) is 17.6 Å². The Morgan fingerprint density at radius 3 is 2.43 bits per heavy atom. The van der Waals surface area contributed by atoms with Crippen LogP contribution in [0.2, 0.25) is 0 Å². The van der Waals surface area contributed by atoms with Crippen molar-refractivity contribution in [1.82, 2.24) is 10.2 Å².